The minimum atomic E-state index is 0.856. The highest BCUT2D eigenvalue weighted by molar-refractivity contribution is 5.80. The molecule has 1 N–H and O–H groups in total. The normalized spacial score (nSPS) is 14.9. The van der Waals surface area contributed by atoms with Crippen LogP contribution in [0.5, 0.6) is 5.75 Å². The number of aromatic nitrogens is 2. The molecule has 0 spiro atoms. The number of methoxy groups -OCH3 is 1. The fourth-order valence-electron chi connectivity index (χ4n) is 3.61. The predicted molar refractivity (Wildman–Crippen MR) is 119 cm³/mol. The number of piperazine rings is 1. The van der Waals surface area contributed by atoms with E-state index in [2.05, 4.69) is 43.7 Å². The van der Waals surface area contributed by atoms with Gasteiger partial charge in [-0.1, -0.05) is 0 Å². The molecular weight excluding hydrogens is 364 g/mol. The molecule has 1 aromatic carbocycles. The summed E-state index contributed by atoms with van der Waals surface area (Å²) >= 11 is 0. The van der Waals surface area contributed by atoms with Crippen LogP contribution in [-0.4, -0.2) is 66.8 Å². The van der Waals surface area contributed by atoms with Gasteiger partial charge in [-0.25, -0.2) is 4.98 Å². The van der Waals surface area contributed by atoms with E-state index < -0.39 is 0 Å². The third-order valence-electron chi connectivity index (χ3n) is 5.34. The highest BCUT2D eigenvalue weighted by Gasteiger charge is 2.19. The van der Waals surface area contributed by atoms with Crippen molar-refractivity contribution in [2.75, 3.05) is 51.3 Å². The van der Waals surface area contributed by atoms with Gasteiger partial charge < -0.3 is 24.4 Å². The lowest BCUT2D eigenvalue weighted by atomic mass is 10.2. The topological polar surface area (TPSA) is 57.9 Å². The van der Waals surface area contributed by atoms with Gasteiger partial charge in [0.1, 0.15) is 11.6 Å². The van der Waals surface area contributed by atoms with E-state index in [-0.39, 0.29) is 0 Å². The van der Waals surface area contributed by atoms with Crippen molar-refractivity contribution in [3.63, 3.8) is 0 Å². The molecule has 0 unspecified atom stereocenters. The molecule has 29 heavy (non-hydrogen) atoms. The average Bonchev–Trinajstić information content (AvgIpc) is 3.17. The monoisotopic (exact) mass is 398 g/mol. The predicted octanol–water partition coefficient (Wildman–Crippen LogP) is 2.77. The summed E-state index contributed by atoms with van der Waals surface area (Å²) in [5, 5.41) is 3.46. The van der Waals surface area contributed by atoms with Crippen LogP contribution in [0.3, 0.4) is 0 Å². The Morgan fingerprint density at radius 3 is 2.52 bits per heavy atom. The van der Waals surface area contributed by atoms with E-state index >= 15 is 0 Å². The zero-order valence-corrected chi connectivity index (χ0v) is 18.0. The summed E-state index contributed by atoms with van der Waals surface area (Å²) in [4.78, 5) is 13.9. The second-order valence-corrected chi connectivity index (χ2v) is 7.28. The number of aryl methyl sites for hydroxylation is 2. The van der Waals surface area contributed by atoms with Gasteiger partial charge in [0.05, 0.1) is 7.11 Å². The summed E-state index contributed by atoms with van der Waals surface area (Å²) in [6.45, 7) is 10.9. The molecule has 1 aliphatic heterocycles. The number of unbranched alkanes of at least 4 members (excludes halogenated alkanes) is 1. The van der Waals surface area contributed by atoms with Crippen LogP contribution in [0.25, 0.3) is 0 Å². The lowest BCUT2D eigenvalue weighted by molar-refractivity contribution is 0.372. The lowest BCUT2D eigenvalue weighted by Crippen LogP contribution is -2.52. The number of aliphatic imine (C=N–C) groups is 1. The van der Waals surface area contributed by atoms with Crippen LogP contribution in [0, 0.1) is 6.92 Å². The molecule has 7 nitrogen and oxygen atoms in total. The van der Waals surface area contributed by atoms with E-state index in [0.717, 1.165) is 76.2 Å². The maximum Gasteiger partial charge on any atom is 0.194 e. The van der Waals surface area contributed by atoms with Gasteiger partial charge in [-0.2, -0.15) is 0 Å². The van der Waals surface area contributed by atoms with Crippen LogP contribution in [0.1, 0.15) is 25.6 Å². The Morgan fingerprint density at radius 1 is 1.14 bits per heavy atom. The number of guanidine groups is 1. The summed E-state index contributed by atoms with van der Waals surface area (Å²) < 4.78 is 7.46. The number of ether oxygens (including phenoxy) is 1. The molecule has 0 radical (unpaired) electrons. The molecule has 158 valence electrons. The van der Waals surface area contributed by atoms with E-state index in [4.69, 9.17) is 9.73 Å². The molecule has 3 rings (SSSR count). The standard InChI is InChI=1S/C22H34N6O/c1-4-23-22(25-11-5-6-13-26-14-12-24-19(26)2)28-17-15-27(16-18-28)20-7-9-21(29-3)10-8-20/h7-10,12,14H,4-6,11,13,15-18H2,1-3H3,(H,23,25). The van der Waals surface area contributed by atoms with E-state index in [1.165, 1.54) is 5.69 Å². The minimum absolute atomic E-state index is 0.856. The summed E-state index contributed by atoms with van der Waals surface area (Å²) in [7, 11) is 1.70. The first-order valence-electron chi connectivity index (χ1n) is 10.6. The third kappa shape index (κ3) is 5.89. The summed E-state index contributed by atoms with van der Waals surface area (Å²) in [5.41, 5.74) is 1.25. The minimum Gasteiger partial charge on any atom is -0.497 e. The Kier molecular flexibility index (Phi) is 7.78. The van der Waals surface area contributed by atoms with Crippen LogP contribution in [0.2, 0.25) is 0 Å². The smallest absolute Gasteiger partial charge is 0.194 e. The molecular formula is C22H34N6O. The highest BCUT2D eigenvalue weighted by Crippen LogP contribution is 2.20. The Morgan fingerprint density at radius 2 is 1.90 bits per heavy atom. The highest BCUT2D eigenvalue weighted by atomic mass is 16.5. The van der Waals surface area contributed by atoms with E-state index in [1.54, 1.807) is 7.11 Å². The maximum absolute atomic E-state index is 5.26. The van der Waals surface area contributed by atoms with Crippen LogP contribution in [0.4, 0.5) is 5.69 Å². The van der Waals surface area contributed by atoms with Crippen molar-refractivity contribution in [1.29, 1.82) is 0 Å². The largest absolute Gasteiger partial charge is 0.497 e. The van der Waals surface area contributed by atoms with Crippen molar-refractivity contribution in [1.82, 2.24) is 19.8 Å². The van der Waals surface area contributed by atoms with Gasteiger partial charge >= 0.3 is 0 Å². The zero-order chi connectivity index (χ0) is 20.5. The Balaban J connectivity index is 1.46. The van der Waals surface area contributed by atoms with Gasteiger partial charge in [-0.05, 0) is 51.0 Å². The first-order chi connectivity index (χ1) is 14.2. The molecule has 1 aromatic heterocycles. The van der Waals surface area contributed by atoms with E-state index in [0.29, 0.717) is 0 Å². The molecule has 2 aromatic rings. The molecule has 2 heterocycles. The SMILES string of the molecule is CCNC(=NCCCCn1ccnc1C)N1CCN(c2ccc(OC)cc2)CC1. The van der Waals surface area contributed by atoms with Gasteiger partial charge in [0.2, 0.25) is 0 Å². The van der Waals surface area contributed by atoms with Crippen LogP contribution in [-0.2, 0) is 6.54 Å². The number of hydrogen-bond donors (Lipinski definition) is 1. The molecule has 1 saturated heterocycles. The van der Waals surface area contributed by atoms with Gasteiger partial charge in [0.15, 0.2) is 5.96 Å². The van der Waals surface area contributed by atoms with Crippen LogP contribution < -0.4 is 15.0 Å². The number of nitrogens with one attached hydrogen (secondary N) is 1. The Bertz CT molecular complexity index is 762. The molecule has 0 atom stereocenters. The van der Waals surface area contributed by atoms with Gasteiger partial charge in [-0.3, -0.25) is 4.99 Å². The summed E-state index contributed by atoms with van der Waals surface area (Å²) in [6.07, 6.45) is 6.11. The maximum atomic E-state index is 5.26. The average molecular weight is 399 g/mol. The number of anilines is 1. The number of rotatable bonds is 8. The fraction of sp³-hybridized carbons (Fsp3) is 0.545. The second kappa shape index (κ2) is 10.7. The Labute approximate surface area is 174 Å². The van der Waals surface area contributed by atoms with Gasteiger partial charge in [0.25, 0.3) is 0 Å². The molecule has 1 fully saturated rings. The molecule has 0 amide bonds. The van der Waals surface area contributed by atoms with Gasteiger partial charge in [0, 0.05) is 63.9 Å². The van der Waals surface area contributed by atoms with Crippen molar-refractivity contribution in [3.05, 3.63) is 42.5 Å². The first kappa shape index (κ1) is 21.0. The summed E-state index contributed by atoms with van der Waals surface area (Å²) in [5.74, 6) is 3.02. The summed E-state index contributed by atoms with van der Waals surface area (Å²) in [6, 6.07) is 8.32. The molecule has 7 heteroatoms. The third-order valence-corrected chi connectivity index (χ3v) is 5.34. The molecule has 0 saturated carbocycles. The number of nitrogens with zero attached hydrogens (tertiary/aromatic N) is 5. The molecule has 0 bridgehead atoms. The second-order valence-electron chi connectivity index (χ2n) is 7.28. The van der Waals surface area contributed by atoms with Crippen LogP contribution in [0.15, 0.2) is 41.7 Å². The quantitative estimate of drug-likeness (QED) is 0.421. The van der Waals surface area contributed by atoms with Crippen LogP contribution >= 0.6 is 0 Å². The Hall–Kier alpha value is -2.70. The first-order valence-corrected chi connectivity index (χ1v) is 10.6. The number of hydrogen-bond acceptors (Lipinski definition) is 4. The van der Waals surface area contributed by atoms with Crippen molar-refractivity contribution >= 4 is 11.6 Å². The van der Waals surface area contributed by atoms with Crippen molar-refractivity contribution in [2.45, 2.75) is 33.2 Å². The number of imidazole rings is 1. The zero-order valence-electron chi connectivity index (χ0n) is 18.0. The van der Waals surface area contributed by atoms with Gasteiger partial charge in [-0.15, -0.1) is 0 Å². The number of benzene rings is 1. The lowest BCUT2D eigenvalue weighted by Gasteiger charge is -2.37. The van der Waals surface area contributed by atoms with Crippen molar-refractivity contribution in [3.8, 4) is 5.75 Å². The van der Waals surface area contributed by atoms with Crippen molar-refractivity contribution in [2.24, 2.45) is 4.99 Å². The van der Waals surface area contributed by atoms with Crippen molar-refractivity contribution < 1.29 is 4.74 Å². The molecule has 1 aliphatic rings. The van der Waals surface area contributed by atoms with E-state index in [1.807, 2.05) is 31.5 Å². The molecule has 0 aliphatic carbocycles. The van der Waals surface area contributed by atoms with E-state index in [9.17, 15) is 0 Å². The fourth-order valence-corrected chi connectivity index (χ4v) is 3.61.